The number of aliphatic hydroxyl groups is 8. The number of ether oxygens (including phenoxy) is 1. The smallest absolute Gasteiger partial charge is 0.446 e. The van der Waals surface area contributed by atoms with Crippen LogP contribution in [0.25, 0.3) is 22.6 Å². The number of nitrogens with one attached hydrogen (secondary N) is 5. The second-order valence-electron chi connectivity index (χ2n) is 21.9. The van der Waals surface area contributed by atoms with Gasteiger partial charge in [0, 0.05) is 54.6 Å². The lowest BCUT2D eigenvalue weighted by atomic mass is 9.96. The number of rotatable bonds is 18. The molecule has 0 aliphatic carbocycles. The van der Waals surface area contributed by atoms with E-state index < -0.39 is 198 Å². The molecule has 484 valence electrons. The largest absolute Gasteiger partial charge is 0.504 e. The Labute approximate surface area is 507 Å². The predicted molar refractivity (Wildman–Crippen MR) is 304 cm³/mol. The highest BCUT2D eigenvalue weighted by atomic mass is 32.3. The van der Waals surface area contributed by atoms with Crippen molar-refractivity contribution in [2.24, 2.45) is 11.7 Å². The molecule has 1 aromatic heterocycles. The third-order valence-corrected chi connectivity index (χ3v) is 15.6. The third-order valence-electron chi connectivity index (χ3n) is 15.2. The summed E-state index contributed by atoms with van der Waals surface area (Å²) in [5, 5.41) is 116. The van der Waals surface area contributed by atoms with Crippen LogP contribution in [0.1, 0.15) is 81.3 Å². The van der Waals surface area contributed by atoms with Gasteiger partial charge >= 0.3 is 10.4 Å². The maximum atomic E-state index is 14.7. The number of unbranched alkanes of at least 4 members (excludes halogenated alkanes) is 2. The van der Waals surface area contributed by atoms with Crippen LogP contribution < -0.4 is 41.2 Å². The zero-order valence-corrected chi connectivity index (χ0v) is 48.9. The second-order valence-corrected chi connectivity index (χ2v) is 22.9. The summed E-state index contributed by atoms with van der Waals surface area (Å²) in [6, 6.07) is 3.52. The quantitative estimate of drug-likeness (QED) is 0.0334. The van der Waals surface area contributed by atoms with E-state index in [0.717, 1.165) is 32.3 Å². The average Bonchev–Trinajstić information content (AvgIpc) is 2.76. The minimum absolute atomic E-state index is 0.110. The molecule has 3 aromatic carbocycles. The first kappa shape index (κ1) is 68.1. The van der Waals surface area contributed by atoms with Gasteiger partial charge in [-0.2, -0.15) is 8.42 Å². The molecule has 7 rings (SSSR count). The summed E-state index contributed by atoms with van der Waals surface area (Å²) in [5.74, 6) is -13.0. The molecule has 15 atom stereocenters. The van der Waals surface area contributed by atoms with Crippen LogP contribution in [-0.4, -0.2) is 220 Å². The fourth-order valence-corrected chi connectivity index (χ4v) is 10.7. The van der Waals surface area contributed by atoms with Gasteiger partial charge in [0.1, 0.15) is 66.0 Å². The molecule has 4 aromatic rings. The minimum atomic E-state index is -5.35. The van der Waals surface area contributed by atoms with Crippen molar-refractivity contribution < 1.29 is 111 Å². The molecule has 0 unspecified atom stereocenters. The first-order chi connectivity index (χ1) is 42.0. The number of aliphatic hydroxyl groups excluding tert-OH is 8. The number of fused-ring (bicyclic) bond motifs is 2. The maximum Gasteiger partial charge on any atom is 0.446 e. The number of aromatic nitrogens is 1. The maximum absolute atomic E-state index is 14.7. The molecule has 8 amide bonds. The molecule has 17 N–H and O–H groups in total. The molecule has 0 radical (unpaired) electrons. The lowest BCUT2D eigenvalue weighted by Crippen LogP contribution is -2.64. The molecule has 3 aliphatic heterocycles. The van der Waals surface area contributed by atoms with Crippen molar-refractivity contribution in [2.45, 2.75) is 145 Å². The summed E-state index contributed by atoms with van der Waals surface area (Å²) < 4.78 is 48.1. The SMILES string of the molecule is CCCCCOc1ccc(-c2cc(-c3ccc(C(=O)N[C@H]4C[C@@H](O)[C@H](O)NC(=O)[C@@H]5[C@@H](O)[C@@H](C)CN5C(=O)[C@H]([C@H](O)CC(N)=O)NC(=O)[C@H]([C@H](O)[C@@H](O)c5ccc(O)c(OS(=O)(=O)O)c5)NC(=O)[C@@H]5C[C@@H](O)CN5C(=O)[C@H]([C@@H](C)O)NC4=O)cc3)on2)cc1. The number of benzene rings is 3. The second kappa shape index (κ2) is 29.3. The van der Waals surface area contributed by atoms with Crippen molar-refractivity contribution in [1.82, 2.24) is 41.5 Å². The fourth-order valence-electron chi connectivity index (χ4n) is 10.3. The van der Waals surface area contributed by atoms with E-state index in [-0.39, 0.29) is 5.56 Å². The predicted octanol–water partition coefficient (Wildman–Crippen LogP) is -3.90. The molecule has 0 spiro atoms. The van der Waals surface area contributed by atoms with Crippen LogP contribution in [-0.2, 0) is 44.0 Å². The van der Waals surface area contributed by atoms with Crippen molar-refractivity contribution in [3.63, 3.8) is 0 Å². The molecule has 3 saturated heterocycles. The van der Waals surface area contributed by atoms with Crippen LogP contribution in [0, 0.1) is 5.92 Å². The van der Waals surface area contributed by atoms with E-state index in [2.05, 4.69) is 32.2 Å². The lowest BCUT2D eigenvalue weighted by Gasteiger charge is -2.34. The van der Waals surface area contributed by atoms with Gasteiger partial charge in [-0.3, -0.25) is 42.9 Å². The molecule has 0 saturated carbocycles. The van der Waals surface area contributed by atoms with E-state index >= 15 is 0 Å². The number of amides is 8. The highest BCUT2D eigenvalue weighted by Crippen LogP contribution is 2.34. The van der Waals surface area contributed by atoms with Gasteiger partial charge in [-0.05, 0) is 67.4 Å². The van der Waals surface area contributed by atoms with Gasteiger partial charge in [-0.25, -0.2) is 0 Å². The molecular formula is C56H71N9O23S. The summed E-state index contributed by atoms with van der Waals surface area (Å²) in [6.45, 7) is 3.74. The number of nitrogens with two attached hydrogens (primary N) is 1. The van der Waals surface area contributed by atoms with E-state index in [4.69, 9.17) is 15.0 Å². The Morgan fingerprint density at radius 2 is 1.43 bits per heavy atom. The molecular weight excluding hydrogens is 1200 g/mol. The number of nitrogens with zero attached hydrogens (tertiary/aromatic N) is 3. The summed E-state index contributed by atoms with van der Waals surface area (Å²) in [7, 11) is -5.35. The number of phenolic OH excluding ortho intramolecular Hbond substituents is 1. The number of hydrogen-bond donors (Lipinski definition) is 16. The number of aromatic hydroxyl groups is 1. The van der Waals surface area contributed by atoms with Crippen LogP contribution in [0.5, 0.6) is 17.2 Å². The Bertz CT molecular complexity index is 3340. The van der Waals surface area contributed by atoms with Crippen molar-refractivity contribution >= 4 is 57.7 Å². The van der Waals surface area contributed by atoms with Gasteiger partial charge in [0.15, 0.2) is 23.5 Å². The van der Waals surface area contributed by atoms with E-state index in [1.54, 1.807) is 30.3 Å². The van der Waals surface area contributed by atoms with Crippen LogP contribution >= 0.6 is 0 Å². The van der Waals surface area contributed by atoms with Crippen molar-refractivity contribution in [2.75, 3.05) is 19.7 Å². The van der Waals surface area contributed by atoms with Gasteiger partial charge in [0.05, 0.1) is 37.4 Å². The molecule has 0 bridgehead atoms. The number of hydrogen-bond acceptors (Lipinski definition) is 23. The van der Waals surface area contributed by atoms with E-state index in [0.29, 0.717) is 56.9 Å². The summed E-state index contributed by atoms with van der Waals surface area (Å²) in [6.07, 6.45) is -17.3. The standard InChI is InChI=1S/C56H71N9O23S/c1-4-5-6-17-86-32-14-11-27(12-15-32)33-21-39(87-63-33)28-7-9-29(10-8-28)49(75)58-34-20-38(70)52(78)62-54(80)45-46(72)25(2)23-65(45)56(82)43(37(69)22-41(57)71)60-53(79)44(48(74)47(73)30-13-16-36(68)40(18-30)88-89(83,84)85)61-51(77)35-19-31(67)24-64(35)55(81)42(26(3)66)59-50(34)76/h7-16,18,21,25-26,31,34-35,37-38,42-48,52,66-70,72-74,78H,4-6,17,19-20,22-24H2,1-3H3,(H2,57,71)(H,58,75)(H,59,76)(H,60,79)(H,61,77)(H,62,80)(H,83,84,85)/t25-,26+,31+,34-,35-,37+,38+,42-,43-,44-,45-,46-,47-,48-,52-/m0/s1. The summed E-state index contributed by atoms with van der Waals surface area (Å²) in [4.78, 5) is 115. The third kappa shape index (κ3) is 16.9. The Morgan fingerprint density at radius 3 is 2.07 bits per heavy atom. The zero-order chi connectivity index (χ0) is 65.3. The molecule has 32 nitrogen and oxygen atoms in total. The lowest BCUT2D eigenvalue weighted by molar-refractivity contribution is -0.149. The van der Waals surface area contributed by atoms with E-state index in [9.17, 15) is 97.3 Å². The van der Waals surface area contributed by atoms with Crippen molar-refractivity contribution in [3.8, 4) is 39.8 Å². The molecule has 3 fully saturated rings. The first-order valence-corrected chi connectivity index (χ1v) is 29.5. The number of carbonyl (C=O) groups excluding carboxylic acids is 8. The van der Waals surface area contributed by atoms with Crippen LogP contribution in [0.15, 0.2) is 77.3 Å². The highest BCUT2D eigenvalue weighted by Gasteiger charge is 2.51. The van der Waals surface area contributed by atoms with E-state index in [1.165, 1.54) is 31.2 Å². The Morgan fingerprint density at radius 1 is 0.787 bits per heavy atom. The fraction of sp³-hybridized carbons (Fsp3) is 0.482. The molecule has 89 heavy (non-hydrogen) atoms. The number of phenols is 1. The summed E-state index contributed by atoms with van der Waals surface area (Å²) >= 11 is 0. The molecule has 4 heterocycles. The van der Waals surface area contributed by atoms with Gasteiger partial charge in [0.25, 0.3) is 5.91 Å². The zero-order valence-electron chi connectivity index (χ0n) is 48.1. The normalized spacial score (nSPS) is 26.4. The van der Waals surface area contributed by atoms with Gasteiger partial charge in [0.2, 0.25) is 41.4 Å². The van der Waals surface area contributed by atoms with Gasteiger partial charge in [-0.15, -0.1) is 0 Å². The summed E-state index contributed by atoms with van der Waals surface area (Å²) in [5.41, 5.74) is 6.28. The van der Waals surface area contributed by atoms with Crippen LogP contribution in [0.2, 0.25) is 0 Å². The average molecular weight is 1270 g/mol. The minimum Gasteiger partial charge on any atom is -0.504 e. The number of primary amides is 1. The van der Waals surface area contributed by atoms with E-state index in [1.807, 2.05) is 10.6 Å². The van der Waals surface area contributed by atoms with Gasteiger partial charge < -0.3 is 102 Å². The first-order valence-electron chi connectivity index (χ1n) is 28.1. The van der Waals surface area contributed by atoms with Crippen LogP contribution in [0.3, 0.4) is 0 Å². The monoisotopic (exact) mass is 1270 g/mol. The van der Waals surface area contributed by atoms with Crippen molar-refractivity contribution in [1.29, 1.82) is 0 Å². The topological polar surface area (TPSA) is 510 Å². The number of carbonyl (C=O) groups is 8. The Hall–Kier alpha value is -8.38. The van der Waals surface area contributed by atoms with Crippen LogP contribution in [0.4, 0.5) is 0 Å². The molecule has 33 heteroatoms. The van der Waals surface area contributed by atoms with Crippen molar-refractivity contribution in [3.05, 3.63) is 83.9 Å². The molecule has 3 aliphatic rings. The Kier molecular flexibility index (Phi) is 22.4. The highest BCUT2D eigenvalue weighted by molar-refractivity contribution is 7.81. The van der Waals surface area contributed by atoms with Gasteiger partial charge in [-0.1, -0.05) is 50.0 Å². The Balaban J connectivity index is 1.22.